The van der Waals surface area contributed by atoms with E-state index >= 15 is 0 Å². The van der Waals surface area contributed by atoms with Crippen LogP contribution >= 0.6 is 24.8 Å². The number of ether oxygens (including phenoxy) is 1. The topological polar surface area (TPSA) is 24.5 Å². The summed E-state index contributed by atoms with van der Waals surface area (Å²) in [6.07, 6.45) is 5.19. The second kappa shape index (κ2) is 12.1. The number of hydrogen-bond donors (Lipinski definition) is 1. The molecule has 0 amide bonds. The third kappa shape index (κ3) is 8.74. The van der Waals surface area contributed by atoms with Crippen molar-refractivity contribution in [3.05, 3.63) is 29.8 Å². The lowest BCUT2D eigenvalue weighted by Crippen LogP contribution is -2.26. The largest absolute Gasteiger partial charge is 0.481 e. The Morgan fingerprint density at radius 3 is 2.58 bits per heavy atom. The number of rotatable bonds is 7. The van der Waals surface area contributed by atoms with Gasteiger partial charge in [-0.15, -0.1) is 31.2 Å². The molecule has 1 aromatic carbocycles. The highest BCUT2D eigenvalue weighted by Crippen LogP contribution is 2.17. The first-order valence-electron chi connectivity index (χ1n) is 5.73. The average Bonchev–Trinajstić information content (AvgIpc) is 2.33. The van der Waals surface area contributed by atoms with Crippen molar-refractivity contribution in [2.75, 3.05) is 33.8 Å². The van der Waals surface area contributed by atoms with Gasteiger partial charge in [-0.1, -0.05) is 24.1 Å². The highest BCUT2D eigenvalue weighted by molar-refractivity contribution is 5.85. The highest BCUT2D eigenvalue weighted by atomic mass is 35.5. The minimum atomic E-state index is 0. The lowest BCUT2D eigenvalue weighted by molar-refractivity contribution is 0.363. The van der Waals surface area contributed by atoms with Gasteiger partial charge in [0.1, 0.15) is 12.4 Å². The zero-order valence-corrected chi connectivity index (χ0v) is 13.0. The molecule has 108 valence electrons. The quantitative estimate of drug-likeness (QED) is 0.617. The van der Waals surface area contributed by atoms with Gasteiger partial charge in [0.15, 0.2) is 0 Å². The van der Waals surface area contributed by atoms with E-state index in [1.807, 2.05) is 18.2 Å². The molecular weight excluding hydrogens is 283 g/mol. The van der Waals surface area contributed by atoms with Crippen molar-refractivity contribution in [1.82, 2.24) is 10.2 Å². The van der Waals surface area contributed by atoms with Gasteiger partial charge in [-0.2, -0.15) is 0 Å². The third-order valence-corrected chi connectivity index (χ3v) is 2.33. The van der Waals surface area contributed by atoms with Crippen LogP contribution in [0.4, 0.5) is 0 Å². The Morgan fingerprint density at radius 2 is 1.95 bits per heavy atom. The molecule has 1 aromatic rings. The van der Waals surface area contributed by atoms with Gasteiger partial charge in [-0.25, -0.2) is 0 Å². The fourth-order valence-electron chi connectivity index (χ4n) is 1.44. The summed E-state index contributed by atoms with van der Waals surface area (Å²) in [6, 6.07) is 7.95. The lowest BCUT2D eigenvalue weighted by Gasteiger charge is -2.12. The summed E-state index contributed by atoms with van der Waals surface area (Å²) < 4.78 is 5.48. The van der Waals surface area contributed by atoms with E-state index in [0.717, 1.165) is 30.9 Å². The maximum absolute atomic E-state index is 5.48. The summed E-state index contributed by atoms with van der Waals surface area (Å²) in [7, 11) is 4.12. The van der Waals surface area contributed by atoms with Gasteiger partial charge in [-0.05, 0) is 20.2 Å². The van der Waals surface area contributed by atoms with Crippen LogP contribution in [-0.4, -0.2) is 38.7 Å². The molecule has 0 fully saturated rings. The number of para-hydroxylation sites is 1. The van der Waals surface area contributed by atoms with Crippen LogP contribution in [0.5, 0.6) is 5.75 Å². The minimum Gasteiger partial charge on any atom is -0.481 e. The summed E-state index contributed by atoms with van der Waals surface area (Å²) in [6.45, 7) is 3.09. The molecule has 0 unspecified atom stereocenters. The molecule has 19 heavy (non-hydrogen) atoms. The Labute approximate surface area is 128 Å². The molecule has 0 aromatic heterocycles. The Kier molecular flexibility index (Phi) is 13.0. The predicted octanol–water partition coefficient (Wildman–Crippen LogP) is 2.19. The summed E-state index contributed by atoms with van der Waals surface area (Å²) in [4.78, 5) is 2.15. The maximum atomic E-state index is 5.48. The molecule has 5 heteroatoms. The number of likely N-dealkylation sites (N-methyl/N-ethyl adjacent to an activating group) is 1. The normalized spacial score (nSPS) is 9.16. The number of halogens is 2. The first kappa shape index (κ1) is 20.4. The molecule has 0 saturated carbocycles. The van der Waals surface area contributed by atoms with Crippen LogP contribution in [0, 0.1) is 12.3 Å². The predicted molar refractivity (Wildman–Crippen MR) is 85.5 cm³/mol. The molecule has 0 atom stereocenters. The van der Waals surface area contributed by atoms with Crippen LogP contribution in [0.15, 0.2) is 24.3 Å². The van der Waals surface area contributed by atoms with Crippen molar-refractivity contribution in [1.29, 1.82) is 0 Å². The zero-order valence-electron chi connectivity index (χ0n) is 11.4. The molecule has 0 aliphatic carbocycles. The van der Waals surface area contributed by atoms with E-state index in [9.17, 15) is 0 Å². The minimum absolute atomic E-state index is 0. The second-order valence-electron chi connectivity index (χ2n) is 4.08. The van der Waals surface area contributed by atoms with Crippen LogP contribution in [-0.2, 0) is 6.54 Å². The van der Waals surface area contributed by atoms with E-state index < -0.39 is 0 Å². The molecule has 1 N–H and O–H groups in total. The van der Waals surface area contributed by atoms with Crippen LogP contribution in [0.2, 0.25) is 0 Å². The molecule has 0 aliphatic heterocycles. The number of nitrogens with zero attached hydrogens (tertiary/aromatic N) is 1. The number of benzene rings is 1. The summed E-state index contributed by atoms with van der Waals surface area (Å²) in [5, 5.41) is 3.38. The average molecular weight is 305 g/mol. The smallest absolute Gasteiger partial charge is 0.148 e. The van der Waals surface area contributed by atoms with E-state index in [-0.39, 0.29) is 24.8 Å². The van der Waals surface area contributed by atoms with Crippen molar-refractivity contribution in [2.24, 2.45) is 0 Å². The summed E-state index contributed by atoms with van der Waals surface area (Å²) >= 11 is 0. The Balaban J connectivity index is 0. The molecule has 0 spiro atoms. The van der Waals surface area contributed by atoms with Crippen LogP contribution in [0.3, 0.4) is 0 Å². The van der Waals surface area contributed by atoms with Crippen molar-refractivity contribution in [3.8, 4) is 18.1 Å². The fraction of sp³-hybridized carbons (Fsp3) is 0.429. The first-order valence-corrected chi connectivity index (χ1v) is 5.73. The monoisotopic (exact) mass is 304 g/mol. The van der Waals surface area contributed by atoms with E-state index in [4.69, 9.17) is 11.2 Å². The van der Waals surface area contributed by atoms with E-state index in [0.29, 0.717) is 6.61 Å². The van der Waals surface area contributed by atoms with Gasteiger partial charge < -0.3 is 15.0 Å². The van der Waals surface area contributed by atoms with Crippen LogP contribution in [0.1, 0.15) is 5.56 Å². The van der Waals surface area contributed by atoms with Gasteiger partial charge in [0.2, 0.25) is 0 Å². The first-order chi connectivity index (χ1) is 8.24. The van der Waals surface area contributed by atoms with Crippen molar-refractivity contribution >= 4 is 24.8 Å². The van der Waals surface area contributed by atoms with Gasteiger partial charge >= 0.3 is 0 Å². The Bertz CT molecular complexity index is 378. The molecule has 0 bridgehead atoms. The summed E-state index contributed by atoms with van der Waals surface area (Å²) in [5.74, 6) is 3.34. The number of hydrogen-bond acceptors (Lipinski definition) is 3. The maximum Gasteiger partial charge on any atom is 0.148 e. The van der Waals surface area contributed by atoms with Crippen molar-refractivity contribution in [2.45, 2.75) is 6.54 Å². The highest BCUT2D eigenvalue weighted by Gasteiger charge is 2.01. The van der Waals surface area contributed by atoms with Crippen LogP contribution < -0.4 is 10.1 Å². The molecule has 0 aliphatic rings. The zero-order chi connectivity index (χ0) is 12.5. The second-order valence-corrected chi connectivity index (χ2v) is 4.08. The van der Waals surface area contributed by atoms with Gasteiger partial charge in [0.25, 0.3) is 0 Å². The fourth-order valence-corrected chi connectivity index (χ4v) is 1.44. The molecule has 1 rings (SSSR count). The molecule has 0 radical (unpaired) electrons. The molecule has 0 heterocycles. The Morgan fingerprint density at radius 1 is 1.26 bits per heavy atom. The van der Waals surface area contributed by atoms with E-state index in [1.54, 1.807) is 0 Å². The van der Waals surface area contributed by atoms with E-state index in [1.165, 1.54) is 0 Å². The van der Waals surface area contributed by atoms with Crippen molar-refractivity contribution < 1.29 is 4.74 Å². The summed E-state index contributed by atoms with van der Waals surface area (Å²) in [5.41, 5.74) is 1.14. The third-order valence-electron chi connectivity index (χ3n) is 2.33. The molecule has 0 saturated heterocycles. The number of terminal acetylenes is 1. The van der Waals surface area contributed by atoms with E-state index in [2.05, 4.69) is 36.3 Å². The van der Waals surface area contributed by atoms with Gasteiger partial charge in [0, 0.05) is 25.2 Å². The Hall–Kier alpha value is -0.920. The van der Waals surface area contributed by atoms with Gasteiger partial charge in [-0.3, -0.25) is 0 Å². The van der Waals surface area contributed by atoms with Crippen LogP contribution in [0.25, 0.3) is 0 Å². The number of nitrogens with one attached hydrogen (secondary N) is 1. The standard InChI is InChI=1S/C14H20N2O.2ClH/c1-4-11-17-14-8-6-5-7-13(14)12-15-9-10-16(2)3;;/h1,5-8,15H,9-12H2,2-3H3;2*1H. The molecule has 3 nitrogen and oxygen atoms in total. The lowest BCUT2D eigenvalue weighted by atomic mass is 10.2. The van der Waals surface area contributed by atoms with Gasteiger partial charge in [0.05, 0.1) is 0 Å². The van der Waals surface area contributed by atoms with Crippen molar-refractivity contribution in [3.63, 3.8) is 0 Å². The SMILES string of the molecule is C#CCOc1ccccc1CNCCN(C)C.Cl.Cl. The molecular formula is C14H22Cl2N2O.